The predicted molar refractivity (Wildman–Crippen MR) is 88.3 cm³/mol. The van der Waals surface area contributed by atoms with Gasteiger partial charge in [-0.05, 0) is 44.3 Å². The van der Waals surface area contributed by atoms with E-state index < -0.39 is 0 Å². The smallest absolute Gasteiger partial charge is 0.123 e. The number of carbonyl (C=O) groups is 1. The highest BCUT2D eigenvalue weighted by atomic mass is 16.5. The number of ether oxygens (including phenoxy) is 1. The molecule has 1 aliphatic rings. The van der Waals surface area contributed by atoms with Crippen LogP contribution < -0.4 is 0 Å². The number of hydrogen-bond acceptors (Lipinski definition) is 3. The van der Waals surface area contributed by atoms with Crippen LogP contribution in [0.2, 0.25) is 0 Å². The molecule has 3 nitrogen and oxygen atoms in total. The average Bonchev–Trinajstić information content (AvgIpc) is 2.90. The van der Waals surface area contributed by atoms with E-state index in [1.807, 2.05) is 6.08 Å². The van der Waals surface area contributed by atoms with E-state index in [0.717, 1.165) is 24.8 Å². The van der Waals surface area contributed by atoms with Gasteiger partial charge in [-0.25, -0.2) is 0 Å². The third kappa shape index (κ3) is 4.65. The molecule has 4 atom stereocenters. The molecule has 21 heavy (non-hydrogen) atoms. The minimum Gasteiger partial charge on any atom is -0.380 e. The summed E-state index contributed by atoms with van der Waals surface area (Å²) >= 11 is 0. The minimum atomic E-state index is -0.0619. The van der Waals surface area contributed by atoms with Gasteiger partial charge in [0.1, 0.15) is 6.29 Å². The van der Waals surface area contributed by atoms with Crippen LogP contribution in [0.1, 0.15) is 26.2 Å². The van der Waals surface area contributed by atoms with Gasteiger partial charge in [-0.1, -0.05) is 38.3 Å². The van der Waals surface area contributed by atoms with Gasteiger partial charge in [0.25, 0.3) is 0 Å². The van der Waals surface area contributed by atoms with E-state index in [2.05, 4.69) is 32.0 Å². The maximum atomic E-state index is 11.6. The third-order valence-corrected chi connectivity index (χ3v) is 4.66. The van der Waals surface area contributed by atoms with Crippen molar-refractivity contribution < 1.29 is 9.53 Å². The number of carbonyl (C=O) groups excluding carboxylic acids is 1. The van der Waals surface area contributed by atoms with Crippen LogP contribution in [0.5, 0.6) is 0 Å². The van der Waals surface area contributed by atoms with Gasteiger partial charge in [-0.15, -0.1) is 0 Å². The molecule has 0 N–H and O–H groups in total. The Labute approximate surface area is 129 Å². The van der Waals surface area contributed by atoms with E-state index in [1.165, 1.54) is 6.42 Å². The summed E-state index contributed by atoms with van der Waals surface area (Å²) in [7, 11) is 3.89. The highest BCUT2D eigenvalue weighted by molar-refractivity contribution is 5.55. The first kappa shape index (κ1) is 17.9. The van der Waals surface area contributed by atoms with Crippen molar-refractivity contribution in [1.82, 2.24) is 4.90 Å². The fraction of sp³-hybridized carbons (Fsp3) is 0.611. The number of methoxy groups -OCH3 is 1. The van der Waals surface area contributed by atoms with Crippen molar-refractivity contribution >= 4 is 6.29 Å². The maximum absolute atomic E-state index is 11.6. The molecule has 118 valence electrons. The second-order valence-electron chi connectivity index (χ2n) is 5.94. The molecule has 4 unspecified atom stereocenters. The van der Waals surface area contributed by atoms with Crippen molar-refractivity contribution in [2.24, 2.45) is 11.8 Å². The zero-order valence-corrected chi connectivity index (χ0v) is 13.6. The van der Waals surface area contributed by atoms with Gasteiger partial charge in [0.2, 0.25) is 0 Å². The summed E-state index contributed by atoms with van der Waals surface area (Å²) in [6.45, 7) is 10.7. The molecule has 0 aromatic carbocycles. The topological polar surface area (TPSA) is 29.5 Å². The quantitative estimate of drug-likeness (QED) is 0.482. The Bertz CT molecular complexity index is 389. The lowest BCUT2D eigenvalue weighted by atomic mass is 9.82. The fourth-order valence-electron chi connectivity index (χ4n) is 3.32. The molecule has 0 amide bonds. The van der Waals surface area contributed by atoms with Gasteiger partial charge in [0.15, 0.2) is 0 Å². The largest absolute Gasteiger partial charge is 0.380 e. The molecule has 1 fully saturated rings. The summed E-state index contributed by atoms with van der Waals surface area (Å²) in [5.41, 5.74) is 1.04. The van der Waals surface area contributed by atoms with E-state index in [1.54, 1.807) is 19.3 Å². The fourth-order valence-corrected chi connectivity index (χ4v) is 3.32. The van der Waals surface area contributed by atoms with E-state index >= 15 is 0 Å². The molecule has 1 rings (SSSR count). The van der Waals surface area contributed by atoms with Gasteiger partial charge in [-0.3, -0.25) is 0 Å². The number of rotatable bonds is 9. The van der Waals surface area contributed by atoms with Crippen molar-refractivity contribution in [2.45, 2.75) is 38.3 Å². The summed E-state index contributed by atoms with van der Waals surface area (Å²) in [6.07, 6.45) is 9.64. The summed E-state index contributed by atoms with van der Waals surface area (Å²) in [4.78, 5) is 13.9. The number of nitrogens with zero attached hydrogens (tertiary/aromatic N) is 1. The Balaban J connectivity index is 2.82. The van der Waals surface area contributed by atoms with Crippen molar-refractivity contribution in [2.75, 3.05) is 20.7 Å². The van der Waals surface area contributed by atoms with Crippen molar-refractivity contribution in [3.05, 3.63) is 37.0 Å². The monoisotopic (exact) mass is 291 g/mol. The van der Waals surface area contributed by atoms with Gasteiger partial charge in [-0.2, -0.15) is 0 Å². The highest BCUT2D eigenvalue weighted by Crippen LogP contribution is 2.30. The van der Waals surface area contributed by atoms with Gasteiger partial charge in [0, 0.05) is 19.1 Å². The first-order valence-corrected chi connectivity index (χ1v) is 7.71. The van der Waals surface area contributed by atoms with Crippen LogP contribution in [-0.4, -0.2) is 44.0 Å². The third-order valence-electron chi connectivity index (χ3n) is 4.66. The summed E-state index contributed by atoms with van der Waals surface area (Å²) in [5.74, 6) is 0.111. The maximum Gasteiger partial charge on any atom is 0.123 e. The zero-order valence-electron chi connectivity index (χ0n) is 13.6. The predicted octanol–water partition coefficient (Wildman–Crippen LogP) is 3.24. The average molecular weight is 291 g/mol. The van der Waals surface area contributed by atoms with Crippen molar-refractivity contribution in [3.8, 4) is 0 Å². The molecule has 0 aliphatic carbocycles. The number of allylic oxidation sites excluding steroid dienone is 4. The molecule has 0 aromatic rings. The van der Waals surface area contributed by atoms with Gasteiger partial charge < -0.3 is 14.4 Å². The molecule has 1 saturated heterocycles. The Hall–Kier alpha value is -1.19. The molecule has 0 bridgehead atoms. The lowest BCUT2D eigenvalue weighted by Crippen LogP contribution is -2.44. The second kappa shape index (κ2) is 8.96. The Kier molecular flexibility index (Phi) is 7.62. The molecule has 0 aromatic heterocycles. The van der Waals surface area contributed by atoms with E-state index in [4.69, 9.17) is 4.74 Å². The van der Waals surface area contributed by atoms with Crippen LogP contribution in [0.4, 0.5) is 0 Å². The molecule has 0 saturated carbocycles. The summed E-state index contributed by atoms with van der Waals surface area (Å²) < 4.78 is 5.76. The Morgan fingerprint density at radius 3 is 2.62 bits per heavy atom. The highest BCUT2D eigenvalue weighted by Gasteiger charge is 2.36. The summed E-state index contributed by atoms with van der Waals surface area (Å²) in [6, 6.07) is 0.406. The lowest BCUT2D eigenvalue weighted by molar-refractivity contribution is -0.115. The van der Waals surface area contributed by atoms with Crippen LogP contribution in [0.15, 0.2) is 37.0 Å². The van der Waals surface area contributed by atoms with E-state index in [-0.39, 0.29) is 17.9 Å². The molecular formula is C18H29NO2. The first-order valence-electron chi connectivity index (χ1n) is 7.71. The number of hydrogen-bond donors (Lipinski definition) is 0. The number of likely N-dealkylation sites (tertiary alicyclic amines) is 1. The van der Waals surface area contributed by atoms with Crippen LogP contribution in [0, 0.1) is 11.8 Å². The van der Waals surface area contributed by atoms with Crippen molar-refractivity contribution in [3.63, 3.8) is 0 Å². The minimum absolute atomic E-state index is 0.0619. The Morgan fingerprint density at radius 2 is 2.19 bits per heavy atom. The van der Waals surface area contributed by atoms with Crippen LogP contribution in [0.25, 0.3) is 0 Å². The standard InChI is InChI=1S/C18H29NO2/c1-6-9-15(7-2)12-16(13-20)14(3)18(21-5)17-10-8-11-19(17)4/h6-7,9,13-14,16-18H,1-2,8,10-12H2,3-5H3/b15-9+. The lowest BCUT2D eigenvalue weighted by Gasteiger charge is -2.35. The zero-order chi connectivity index (χ0) is 15.8. The summed E-state index contributed by atoms with van der Waals surface area (Å²) in [5, 5.41) is 0. The Morgan fingerprint density at radius 1 is 1.48 bits per heavy atom. The van der Waals surface area contributed by atoms with Crippen LogP contribution in [0.3, 0.4) is 0 Å². The van der Waals surface area contributed by atoms with Gasteiger partial charge in [0.05, 0.1) is 6.10 Å². The molecule has 0 radical (unpaired) electrons. The molecule has 0 spiro atoms. The molecule has 3 heteroatoms. The normalized spacial score (nSPS) is 24.3. The number of likely N-dealkylation sites (N-methyl/N-ethyl adjacent to an activating group) is 1. The van der Waals surface area contributed by atoms with E-state index in [9.17, 15) is 4.79 Å². The van der Waals surface area contributed by atoms with Crippen LogP contribution >= 0.6 is 0 Å². The van der Waals surface area contributed by atoms with Gasteiger partial charge >= 0.3 is 0 Å². The first-order chi connectivity index (χ1) is 10.1. The SMILES string of the molecule is C=C/C=C(\C=C)CC(C=O)C(C)C(OC)C1CCCN1C. The van der Waals surface area contributed by atoms with E-state index in [0.29, 0.717) is 12.5 Å². The molecule has 1 heterocycles. The van der Waals surface area contributed by atoms with Crippen LogP contribution in [-0.2, 0) is 9.53 Å². The number of aldehydes is 1. The molecule has 1 aliphatic heterocycles. The van der Waals surface area contributed by atoms with Crippen molar-refractivity contribution in [1.29, 1.82) is 0 Å². The molecular weight excluding hydrogens is 262 g/mol. The second-order valence-corrected chi connectivity index (χ2v) is 5.94.